The molecule has 1 atom stereocenters. The number of pyridine rings is 2. The summed E-state index contributed by atoms with van der Waals surface area (Å²) < 4.78 is 0. The summed E-state index contributed by atoms with van der Waals surface area (Å²) in [5.74, 6) is 0. The van der Waals surface area contributed by atoms with Gasteiger partial charge in [-0.2, -0.15) is 0 Å². The van der Waals surface area contributed by atoms with Gasteiger partial charge in [-0.3, -0.25) is 14.9 Å². The van der Waals surface area contributed by atoms with E-state index in [0.29, 0.717) is 0 Å². The molecule has 0 aliphatic rings. The molecule has 2 N–H and O–H groups in total. The van der Waals surface area contributed by atoms with Crippen LogP contribution in [0.25, 0.3) is 0 Å². The van der Waals surface area contributed by atoms with Crippen molar-refractivity contribution in [3.05, 3.63) is 59.7 Å². The first-order valence-electron chi connectivity index (χ1n) is 7.98. The SMILES string of the molecule is Cc1cccnc1CN(CCCCN)C(C)c1ccccn1. The average molecular weight is 298 g/mol. The number of nitrogens with zero attached hydrogens (tertiary/aromatic N) is 3. The highest BCUT2D eigenvalue weighted by atomic mass is 15.2. The first kappa shape index (κ1) is 16.6. The Morgan fingerprint density at radius 2 is 1.91 bits per heavy atom. The highest BCUT2D eigenvalue weighted by Gasteiger charge is 2.18. The Labute approximate surface area is 133 Å². The van der Waals surface area contributed by atoms with E-state index >= 15 is 0 Å². The second-order valence-electron chi connectivity index (χ2n) is 5.66. The number of rotatable bonds is 8. The van der Waals surface area contributed by atoms with Crippen molar-refractivity contribution in [2.75, 3.05) is 13.1 Å². The van der Waals surface area contributed by atoms with Crippen molar-refractivity contribution in [2.24, 2.45) is 5.73 Å². The van der Waals surface area contributed by atoms with E-state index < -0.39 is 0 Å². The van der Waals surface area contributed by atoms with Crippen molar-refractivity contribution < 1.29 is 0 Å². The molecule has 22 heavy (non-hydrogen) atoms. The smallest absolute Gasteiger partial charge is 0.0573 e. The molecule has 0 aliphatic heterocycles. The fourth-order valence-electron chi connectivity index (χ4n) is 2.56. The minimum absolute atomic E-state index is 0.264. The van der Waals surface area contributed by atoms with Gasteiger partial charge in [-0.25, -0.2) is 0 Å². The van der Waals surface area contributed by atoms with Crippen LogP contribution in [-0.4, -0.2) is 28.0 Å². The highest BCUT2D eigenvalue weighted by molar-refractivity contribution is 5.18. The maximum absolute atomic E-state index is 5.64. The molecule has 2 heterocycles. The zero-order valence-electron chi connectivity index (χ0n) is 13.6. The van der Waals surface area contributed by atoms with Gasteiger partial charge in [0, 0.05) is 25.0 Å². The Kier molecular flexibility index (Phi) is 6.49. The number of hydrogen-bond donors (Lipinski definition) is 1. The van der Waals surface area contributed by atoms with Crippen LogP contribution in [-0.2, 0) is 6.54 Å². The summed E-state index contributed by atoms with van der Waals surface area (Å²) in [6, 6.07) is 10.5. The van der Waals surface area contributed by atoms with Crippen molar-refractivity contribution in [2.45, 2.75) is 39.3 Å². The summed E-state index contributed by atoms with van der Waals surface area (Å²) in [7, 11) is 0. The van der Waals surface area contributed by atoms with Crippen LogP contribution >= 0.6 is 0 Å². The van der Waals surface area contributed by atoms with Crippen molar-refractivity contribution in [1.82, 2.24) is 14.9 Å². The van der Waals surface area contributed by atoms with Gasteiger partial charge in [-0.05, 0) is 63.5 Å². The second kappa shape index (κ2) is 8.61. The molecule has 1 unspecified atom stereocenters. The molecule has 4 nitrogen and oxygen atoms in total. The molecular weight excluding hydrogens is 272 g/mol. The van der Waals surface area contributed by atoms with E-state index in [2.05, 4.69) is 40.8 Å². The summed E-state index contributed by atoms with van der Waals surface area (Å²) in [5.41, 5.74) is 9.11. The van der Waals surface area contributed by atoms with Crippen molar-refractivity contribution in [1.29, 1.82) is 0 Å². The second-order valence-corrected chi connectivity index (χ2v) is 5.66. The van der Waals surface area contributed by atoms with Crippen LogP contribution in [0.2, 0.25) is 0 Å². The molecule has 2 aromatic heterocycles. The van der Waals surface area contributed by atoms with E-state index in [-0.39, 0.29) is 6.04 Å². The van der Waals surface area contributed by atoms with Gasteiger partial charge in [0.2, 0.25) is 0 Å². The lowest BCUT2D eigenvalue weighted by Crippen LogP contribution is -2.29. The molecule has 2 aromatic rings. The Bertz CT molecular complexity index is 556. The van der Waals surface area contributed by atoms with Gasteiger partial charge >= 0.3 is 0 Å². The van der Waals surface area contributed by atoms with Crippen LogP contribution in [0.3, 0.4) is 0 Å². The Morgan fingerprint density at radius 1 is 1.09 bits per heavy atom. The third kappa shape index (κ3) is 4.61. The molecule has 0 saturated heterocycles. The van der Waals surface area contributed by atoms with Gasteiger partial charge in [0.15, 0.2) is 0 Å². The topological polar surface area (TPSA) is 55.0 Å². The molecule has 4 heteroatoms. The van der Waals surface area contributed by atoms with Crippen LogP contribution < -0.4 is 5.73 Å². The lowest BCUT2D eigenvalue weighted by molar-refractivity contribution is 0.191. The summed E-state index contributed by atoms with van der Waals surface area (Å²) in [6.07, 6.45) is 5.87. The summed E-state index contributed by atoms with van der Waals surface area (Å²) in [6.45, 7) is 6.92. The zero-order chi connectivity index (χ0) is 15.8. The molecule has 0 bridgehead atoms. The quantitative estimate of drug-likeness (QED) is 0.761. The monoisotopic (exact) mass is 298 g/mol. The predicted molar refractivity (Wildman–Crippen MR) is 90.3 cm³/mol. The van der Waals surface area contributed by atoms with E-state index in [1.54, 1.807) is 0 Å². The first-order valence-corrected chi connectivity index (χ1v) is 7.98. The molecule has 2 rings (SSSR count). The van der Waals surface area contributed by atoms with Gasteiger partial charge in [-0.15, -0.1) is 0 Å². The van der Waals surface area contributed by atoms with E-state index in [4.69, 9.17) is 5.73 Å². The van der Waals surface area contributed by atoms with Crippen LogP contribution in [0.5, 0.6) is 0 Å². The largest absolute Gasteiger partial charge is 0.330 e. The molecule has 0 aliphatic carbocycles. The summed E-state index contributed by atoms with van der Waals surface area (Å²) >= 11 is 0. The lowest BCUT2D eigenvalue weighted by atomic mass is 10.1. The molecule has 0 saturated carbocycles. The molecule has 0 amide bonds. The lowest BCUT2D eigenvalue weighted by Gasteiger charge is -2.29. The first-order chi connectivity index (χ1) is 10.7. The molecule has 0 aromatic carbocycles. The molecule has 0 radical (unpaired) electrons. The number of nitrogens with two attached hydrogens (primary N) is 1. The van der Waals surface area contributed by atoms with E-state index in [1.807, 2.05) is 30.6 Å². The minimum atomic E-state index is 0.264. The van der Waals surface area contributed by atoms with E-state index in [1.165, 1.54) is 5.56 Å². The van der Waals surface area contributed by atoms with Crippen molar-refractivity contribution in [3.8, 4) is 0 Å². The van der Waals surface area contributed by atoms with Crippen molar-refractivity contribution in [3.63, 3.8) is 0 Å². The average Bonchev–Trinajstić information content (AvgIpc) is 2.56. The highest BCUT2D eigenvalue weighted by Crippen LogP contribution is 2.21. The predicted octanol–water partition coefficient (Wildman–Crippen LogP) is 3.09. The Morgan fingerprint density at radius 3 is 2.59 bits per heavy atom. The van der Waals surface area contributed by atoms with Crippen LogP contribution in [0.15, 0.2) is 42.7 Å². The third-order valence-electron chi connectivity index (χ3n) is 4.03. The van der Waals surface area contributed by atoms with Crippen LogP contribution in [0.4, 0.5) is 0 Å². The van der Waals surface area contributed by atoms with Gasteiger partial charge in [0.25, 0.3) is 0 Å². The van der Waals surface area contributed by atoms with Crippen LogP contribution in [0, 0.1) is 6.92 Å². The number of aromatic nitrogens is 2. The molecule has 118 valence electrons. The fraction of sp³-hybridized carbons (Fsp3) is 0.444. The zero-order valence-corrected chi connectivity index (χ0v) is 13.6. The number of hydrogen-bond acceptors (Lipinski definition) is 4. The normalized spacial score (nSPS) is 12.5. The third-order valence-corrected chi connectivity index (χ3v) is 4.03. The van der Waals surface area contributed by atoms with E-state index in [0.717, 1.165) is 43.9 Å². The van der Waals surface area contributed by atoms with Gasteiger partial charge < -0.3 is 5.73 Å². The Balaban J connectivity index is 2.13. The summed E-state index contributed by atoms with van der Waals surface area (Å²) in [4.78, 5) is 11.5. The number of aryl methyl sites for hydroxylation is 1. The maximum atomic E-state index is 5.64. The van der Waals surface area contributed by atoms with Gasteiger partial charge in [-0.1, -0.05) is 12.1 Å². The van der Waals surface area contributed by atoms with Crippen molar-refractivity contribution >= 4 is 0 Å². The minimum Gasteiger partial charge on any atom is -0.330 e. The summed E-state index contributed by atoms with van der Waals surface area (Å²) in [5, 5.41) is 0. The molecular formula is C18H26N4. The van der Waals surface area contributed by atoms with Crippen LogP contribution in [0.1, 0.15) is 42.8 Å². The number of unbranched alkanes of at least 4 members (excludes halogenated alkanes) is 1. The standard InChI is InChI=1S/C18H26N4/c1-15-8-7-12-21-18(15)14-22(13-6-4-10-19)16(2)17-9-3-5-11-20-17/h3,5,7-9,11-12,16H,4,6,10,13-14,19H2,1-2H3. The molecule has 0 fully saturated rings. The fourth-order valence-corrected chi connectivity index (χ4v) is 2.56. The van der Waals surface area contributed by atoms with Gasteiger partial charge in [0.1, 0.15) is 0 Å². The maximum Gasteiger partial charge on any atom is 0.0573 e. The van der Waals surface area contributed by atoms with Gasteiger partial charge in [0.05, 0.1) is 11.4 Å². The molecule has 0 spiro atoms. The Hall–Kier alpha value is -1.78. The van der Waals surface area contributed by atoms with E-state index in [9.17, 15) is 0 Å².